The van der Waals surface area contributed by atoms with Crippen LogP contribution in [-0.4, -0.2) is 8.42 Å². The summed E-state index contributed by atoms with van der Waals surface area (Å²) in [4.78, 5) is 0.889. The lowest BCUT2D eigenvalue weighted by Gasteiger charge is -2.13. The van der Waals surface area contributed by atoms with Crippen LogP contribution in [0.5, 0.6) is 0 Å². The summed E-state index contributed by atoms with van der Waals surface area (Å²) < 4.78 is 27.9. The largest absolute Gasteiger partial charge is 0.282 e. The maximum Gasteiger partial charge on any atom is 0.236 e. The summed E-state index contributed by atoms with van der Waals surface area (Å²) in [7, 11) is -3.50. The lowest BCUT2D eigenvalue weighted by molar-refractivity contribution is 0.600. The highest BCUT2D eigenvalue weighted by molar-refractivity contribution is 7.98. The maximum absolute atomic E-state index is 12.6. The molecule has 1 N–H and O–H groups in total. The summed E-state index contributed by atoms with van der Waals surface area (Å²) in [5.41, 5.74) is 3.54. The minimum absolute atomic E-state index is 0.0507. The van der Waals surface area contributed by atoms with Crippen LogP contribution in [0.15, 0.2) is 77.7 Å². The first-order valence-corrected chi connectivity index (χ1v) is 11.5. The fourth-order valence-corrected chi connectivity index (χ4v) is 5.00. The van der Waals surface area contributed by atoms with Crippen molar-refractivity contribution in [3.8, 4) is 0 Å². The van der Waals surface area contributed by atoms with Gasteiger partial charge in [-0.15, -0.1) is 11.8 Å². The minimum Gasteiger partial charge on any atom is -0.282 e. The van der Waals surface area contributed by atoms with Crippen LogP contribution < -0.4 is 4.72 Å². The molecule has 0 fully saturated rings. The minimum atomic E-state index is -3.50. The second kappa shape index (κ2) is 8.83. The topological polar surface area (TPSA) is 46.2 Å². The Kier molecular flexibility index (Phi) is 6.47. The molecule has 0 bridgehead atoms. The number of anilines is 1. The molecular weight excluding hydrogens is 398 g/mol. The van der Waals surface area contributed by atoms with E-state index in [0.29, 0.717) is 10.7 Å². The molecule has 0 spiro atoms. The Hall–Kier alpha value is -1.95. The fourth-order valence-electron chi connectivity index (χ4n) is 2.64. The number of hydrogen-bond donors (Lipinski definition) is 1. The van der Waals surface area contributed by atoms with Gasteiger partial charge in [-0.3, -0.25) is 4.72 Å². The summed E-state index contributed by atoms with van der Waals surface area (Å²) in [6.45, 7) is 1.95. The van der Waals surface area contributed by atoms with Gasteiger partial charge in [-0.05, 0) is 42.3 Å². The van der Waals surface area contributed by atoms with E-state index in [2.05, 4.69) is 4.72 Å². The summed E-state index contributed by atoms with van der Waals surface area (Å²) >= 11 is 7.50. The zero-order valence-corrected chi connectivity index (χ0v) is 17.2. The molecule has 6 heteroatoms. The molecule has 140 valence electrons. The van der Waals surface area contributed by atoms with E-state index < -0.39 is 10.0 Å². The van der Waals surface area contributed by atoms with E-state index in [1.165, 1.54) is 0 Å². The van der Waals surface area contributed by atoms with E-state index in [4.69, 9.17) is 11.6 Å². The number of aryl methyl sites for hydroxylation is 1. The molecule has 3 aromatic carbocycles. The Morgan fingerprint density at radius 3 is 2.41 bits per heavy atom. The molecule has 0 amide bonds. The molecule has 0 saturated heterocycles. The SMILES string of the molecule is Cc1cccc(CS(=O)(=O)Nc2ccccc2SCc2ccc(Cl)cc2)c1. The van der Waals surface area contributed by atoms with Gasteiger partial charge in [0.2, 0.25) is 10.0 Å². The van der Waals surface area contributed by atoms with Crippen LogP contribution in [-0.2, 0) is 21.5 Å². The van der Waals surface area contributed by atoms with Crippen molar-refractivity contribution < 1.29 is 8.42 Å². The number of rotatable bonds is 7. The molecule has 0 unspecified atom stereocenters. The number of hydrogen-bond acceptors (Lipinski definition) is 3. The lowest BCUT2D eigenvalue weighted by atomic mass is 10.2. The van der Waals surface area contributed by atoms with Gasteiger partial charge in [0.05, 0.1) is 11.4 Å². The Morgan fingerprint density at radius 1 is 0.926 bits per heavy atom. The van der Waals surface area contributed by atoms with E-state index >= 15 is 0 Å². The average Bonchev–Trinajstić information content (AvgIpc) is 2.61. The van der Waals surface area contributed by atoms with Crippen LogP contribution in [0.3, 0.4) is 0 Å². The van der Waals surface area contributed by atoms with E-state index in [1.54, 1.807) is 17.8 Å². The molecule has 0 saturated carbocycles. The Labute approximate surface area is 169 Å². The highest BCUT2D eigenvalue weighted by Gasteiger charge is 2.14. The zero-order valence-electron chi connectivity index (χ0n) is 14.9. The van der Waals surface area contributed by atoms with Gasteiger partial charge in [-0.1, -0.05) is 65.7 Å². The molecule has 3 nitrogen and oxygen atoms in total. The molecular formula is C21H20ClNO2S2. The number of nitrogens with one attached hydrogen (secondary N) is 1. The van der Waals surface area contributed by atoms with Crippen LogP contribution in [0.4, 0.5) is 5.69 Å². The highest BCUT2D eigenvalue weighted by Crippen LogP contribution is 2.31. The summed E-state index contributed by atoms with van der Waals surface area (Å²) in [6.07, 6.45) is 0. The maximum atomic E-state index is 12.6. The van der Waals surface area contributed by atoms with Crippen LogP contribution in [0.2, 0.25) is 5.02 Å². The first-order chi connectivity index (χ1) is 12.9. The zero-order chi connectivity index (χ0) is 19.3. The second-order valence-electron chi connectivity index (χ2n) is 6.26. The standard InChI is InChI=1S/C21H20ClNO2S2/c1-16-5-4-6-18(13-16)15-27(24,25)23-20-7-2-3-8-21(20)26-14-17-9-11-19(22)12-10-17/h2-13,23H,14-15H2,1H3. The number of benzene rings is 3. The molecule has 0 aliphatic carbocycles. The van der Waals surface area contributed by atoms with E-state index in [1.807, 2.05) is 73.7 Å². The lowest BCUT2D eigenvalue weighted by Crippen LogP contribution is -2.15. The van der Waals surface area contributed by atoms with Gasteiger partial charge in [0.15, 0.2) is 0 Å². The monoisotopic (exact) mass is 417 g/mol. The smallest absolute Gasteiger partial charge is 0.236 e. The molecule has 3 aromatic rings. The third-order valence-corrected chi connectivity index (χ3v) is 6.54. The summed E-state index contributed by atoms with van der Waals surface area (Å²) in [5, 5.41) is 0.702. The molecule has 0 heterocycles. The number of sulfonamides is 1. The molecule has 0 atom stereocenters. The van der Waals surface area contributed by atoms with Crippen molar-refractivity contribution in [1.29, 1.82) is 0 Å². The van der Waals surface area contributed by atoms with E-state index in [9.17, 15) is 8.42 Å². The normalized spacial score (nSPS) is 11.3. The summed E-state index contributed by atoms with van der Waals surface area (Å²) in [6, 6.07) is 22.6. The molecule has 3 rings (SSSR count). The fraction of sp³-hybridized carbons (Fsp3) is 0.143. The highest BCUT2D eigenvalue weighted by atomic mass is 35.5. The number of halogens is 1. The van der Waals surface area contributed by atoms with Crippen molar-refractivity contribution in [2.75, 3.05) is 4.72 Å². The predicted molar refractivity (Wildman–Crippen MR) is 115 cm³/mol. The Morgan fingerprint density at radius 2 is 1.67 bits per heavy atom. The quantitative estimate of drug-likeness (QED) is 0.488. The molecule has 0 aliphatic heterocycles. The first-order valence-electron chi connectivity index (χ1n) is 8.44. The van der Waals surface area contributed by atoms with Gasteiger partial charge in [0.1, 0.15) is 0 Å². The molecule has 0 radical (unpaired) electrons. The predicted octanol–water partition coefficient (Wildman–Crippen LogP) is 5.88. The van der Waals surface area contributed by atoms with Crippen LogP contribution in [0.1, 0.15) is 16.7 Å². The van der Waals surface area contributed by atoms with Gasteiger partial charge in [-0.2, -0.15) is 0 Å². The van der Waals surface area contributed by atoms with Crippen molar-refractivity contribution in [3.05, 3.63) is 94.5 Å². The number of para-hydroxylation sites is 1. The average molecular weight is 418 g/mol. The van der Waals surface area contributed by atoms with Gasteiger partial charge in [-0.25, -0.2) is 8.42 Å². The van der Waals surface area contributed by atoms with E-state index in [-0.39, 0.29) is 5.75 Å². The Balaban J connectivity index is 1.72. The van der Waals surface area contributed by atoms with Gasteiger partial charge in [0, 0.05) is 15.7 Å². The van der Waals surface area contributed by atoms with Crippen molar-refractivity contribution in [2.24, 2.45) is 0 Å². The molecule has 0 aliphatic rings. The third kappa shape index (κ3) is 6.03. The van der Waals surface area contributed by atoms with Crippen molar-refractivity contribution >= 4 is 39.1 Å². The van der Waals surface area contributed by atoms with Crippen LogP contribution in [0.25, 0.3) is 0 Å². The van der Waals surface area contributed by atoms with Crippen LogP contribution in [0, 0.1) is 6.92 Å². The van der Waals surface area contributed by atoms with Gasteiger partial charge >= 0.3 is 0 Å². The number of thioether (sulfide) groups is 1. The first kappa shape index (κ1) is 19.8. The van der Waals surface area contributed by atoms with E-state index in [0.717, 1.165) is 27.3 Å². The molecule has 27 heavy (non-hydrogen) atoms. The third-order valence-electron chi connectivity index (χ3n) is 3.90. The molecule has 0 aromatic heterocycles. The van der Waals surface area contributed by atoms with Crippen LogP contribution >= 0.6 is 23.4 Å². The second-order valence-corrected chi connectivity index (χ2v) is 9.44. The van der Waals surface area contributed by atoms with Crippen molar-refractivity contribution in [1.82, 2.24) is 0 Å². The summed E-state index contributed by atoms with van der Waals surface area (Å²) in [5.74, 6) is 0.679. The van der Waals surface area contributed by atoms with Crippen molar-refractivity contribution in [3.63, 3.8) is 0 Å². The van der Waals surface area contributed by atoms with Crippen molar-refractivity contribution in [2.45, 2.75) is 23.3 Å². The van der Waals surface area contributed by atoms with Gasteiger partial charge < -0.3 is 0 Å². The van der Waals surface area contributed by atoms with Gasteiger partial charge in [0.25, 0.3) is 0 Å². The Bertz CT molecular complexity index is 1020.